The Morgan fingerprint density at radius 1 is 1.35 bits per heavy atom. The van der Waals surface area contributed by atoms with Gasteiger partial charge in [-0.25, -0.2) is 0 Å². The molecule has 5 nitrogen and oxygen atoms in total. The average Bonchev–Trinajstić information content (AvgIpc) is 2.60. The zero-order valence-electron chi connectivity index (χ0n) is 10.6. The summed E-state index contributed by atoms with van der Waals surface area (Å²) >= 11 is 0. The van der Waals surface area contributed by atoms with Crippen LogP contribution in [0.1, 0.15) is 26.7 Å². The van der Waals surface area contributed by atoms with E-state index in [1.807, 2.05) is 0 Å². The summed E-state index contributed by atoms with van der Waals surface area (Å²) in [5, 5.41) is 3.43. The molecule has 1 aromatic rings. The second kappa shape index (κ2) is 4.77. The minimum absolute atomic E-state index is 0.241. The van der Waals surface area contributed by atoms with Crippen LogP contribution in [0.3, 0.4) is 0 Å². The summed E-state index contributed by atoms with van der Waals surface area (Å²) in [6.45, 7) is 4.57. The molecule has 2 rings (SSSR count). The summed E-state index contributed by atoms with van der Waals surface area (Å²) in [4.78, 5) is 8.15. The molecule has 0 saturated heterocycles. The monoisotopic (exact) mass is 236 g/mol. The fraction of sp³-hybridized carbons (Fsp3) is 0.667. The number of anilines is 2. The molecule has 5 heteroatoms. The smallest absolute Gasteiger partial charge is 0.225 e. The molecule has 1 aliphatic carbocycles. The van der Waals surface area contributed by atoms with Crippen LogP contribution in [0.15, 0.2) is 6.07 Å². The molecule has 94 valence electrons. The van der Waals surface area contributed by atoms with Gasteiger partial charge in [0.05, 0.1) is 7.11 Å². The first-order valence-electron chi connectivity index (χ1n) is 6.05. The standard InChI is InChI=1S/C12H20N4O/c1-7-4-5-9(8(7)2)14-10-6-11(17-3)16-12(13)15-10/h6-9H,4-5H2,1-3H3,(H3,13,14,15,16). The largest absolute Gasteiger partial charge is 0.481 e. The zero-order valence-corrected chi connectivity index (χ0v) is 10.6. The van der Waals surface area contributed by atoms with Gasteiger partial charge in [0.15, 0.2) is 0 Å². The molecule has 3 unspecified atom stereocenters. The van der Waals surface area contributed by atoms with Crippen LogP contribution in [0.2, 0.25) is 0 Å². The minimum atomic E-state index is 0.241. The minimum Gasteiger partial charge on any atom is -0.481 e. The van der Waals surface area contributed by atoms with Crippen LogP contribution in [-0.4, -0.2) is 23.1 Å². The third-order valence-electron chi connectivity index (χ3n) is 3.73. The highest BCUT2D eigenvalue weighted by molar-refractivity contribution is 5.43. The van der Waals surface area contributed by atoms with E-state index in [1.165, 1.54) is 12.8 Å². The highest BCUT2D eigenvalue weighted by Gasteiger charge is 2.29. The molecule has 0 aromatic carbocycles. The Morgan fingerprint density at radius 3 is 2.71 bits per heavy atom. The van der Waals surface area contributed by atoms with E-state index in [4.69, 9.17) is 10.5 Å². The number of nitrogens with two attached hydrogens (primary N) is 1. The maximum Gasteiger partial charge on any atom is 0.225 e. The Labute approximate surface area is 102 Å². The quantitative estimate of drug-likeness (QED) is 0.838. The lowest BCUT2D eigenvalue weighted by molar-refractivity contribution is 0.397. The van der Waals surface area contributed by atoms with Crippen molar-refractivity contribution < 1.29 is 4.74 Å². The second-order valence-corrected chi connectivity index (χ2v) is 4.82. The summed E-state index contributed by atoms with van der Waals surface area (Å²) in [7, 11) is 1.58. The maximum atomic E-state index is 5.63. The number of hydrogen-bond acceptors (Lipinski definition) is 5. The van der Waals surface area contributed by atoms with Crippen LogP contribution >= 0.6 is 0 Å². The number of aromatic nitrogens is 2. The number of nitrogens with one attached hydrogen (secondary N) is 1. The van der Waals surface area contributed by atoms with E-state index < -0.39 is 0 Å². The second-order valence-electron chi connectivity index (χ2n) is 4.82. The molecule has 1 saturated carbocycles. The Bertz CT molecular complexity index is 396. The van der Waals surface area contributed by atoms with Gasteiger partial charge in [-0.1, -0.05) is 13.8 Å². The van der Waals surface area contributed by atoms with Gasteiger partial charge in [-0.2, -0.15) is 9.97 Å². The van der Waals surface area contributed by atoms with E-state index >= 15 is 0 Å². The van der Waals surface area contributed by atoms with Crippen LogP contribution in [0.25, 0.3) is 0 Å². The van der Waals surface area contributed by atoms with E-state index in [0.717, 1.165) is 11.7 Å². The maximum absolute atomic E-state index is 5.63. The number of nitrogens with zero attached hydrogens (tertiary/aromatic N) is 2. The van der Waals surface area contributed by atoms with Gasteiger partial charge in [-0.15, -0.1) is 0 Å². The molecular weight excluding hydrogens is 216 g/mol. The summed E-state index contributed by atoms with van der Waals surface area (Å²) in [6.07, 6.45) is 2.44. The average molecular weight is 236 g/mol. The van der Waals surface area contributed by atoms with Gasteiger partial charge in [-0.3, -0.25) is 0 Å². The van der Waals surface area contributed by atoms with Crippen molar-refractivity contribution in [3.05, 3.63) is 6.07 Å². The van der Waals surface area contributed by atoms with Crippen LogP contribution in [-0.2, 0) is 0 Å². The third-order valence-corrected chi connectivity index (χ3v) is 3.73. The first kappa shape index (κ1) is 12.0. The van der Waals surface area contributed by atoms with Gasteiger partial charge < -0.3 is 15.8 Å². The van der Waals surface area contributed by atoms with Crippen LogP contribution in [0.4, 0.5) is 11.8 Å². The van der Waals surface area contributed by atoms with Crippen molar-refractivity contribution in [1.29, 1.82) is 0 Å². The predicted molar refractivity (Wildman–Crippen MR) is 68.0 cm³/mol. The number of methoxy groups -OCH3 is 1. The molecule has 0 spiro atoms. The highest BCUT2D eigenvalue weighted by Crippen LogP contribution is 2.33. The van der Waals surface area contributed by atoms with Crippen LogP contribution in [0, 0.1) is 11.8 Å². The first-order chi connectivity index (χ1) is 8.10. The number of nitrogen functional groups attached to an aromatic ring is 1. The van der Waals surface area contributed by atoms with Crippen molar-refractivity contribution in [2.75, 3.05) is 18.2 Å². The summed E-state index contributed by atoms with van der Waals surface area (Å²) in [5.41, 5.74) is 5.63. The molecule has 1 heterocycles. The predicted octanol–water partition coefficient (Wildman–Crippen LogP) is 1.91. The van der Waals surface area contributed by atoms with Gasteiger partial charge in [0, 0.05) is 12.1 Å². The van der Waals surface area contributed by atoms with Gasteiger partial charge >= 0.3 is 0 Å². The third kappa shape index (κ3) is 2.60. The Balaban J connectivity index is 2.10. The first-order valence-corrected chi connectivity index (χ1v) is 6.05. The Hall–Kier alpha value is -1.52. The Morgan fingerprint density at radius 2 is 2.12 bits per heavy atom. The SMILES string of the molecule is COc1cc(NC2CCC(C)C2C)nc(N)n1. The summed E-state index contributed by atoms with van der Waals surface area (Å²) < 4.78 is 5.08. The van der Waals surface area contributed by atoms with Gasteiger partial charge in [0.1, 0.15) is 5.82 Å². The molecule has 3 N–H and O–H groups in total. The lowest BCUT2D eigenvalue weighted by Gasteiger charge is -2.20. The summed E-state index contributed by atoms with van der Waals surface area (Å²) in [6, 6.07) is 2.25. The molecule has 1 aromatic heterocycles. The van der Waals surface area contributed by atoms with Crippen LogP contribution < -0.4 is 15.8 Å². The van der Waals surface area contributed by atoms with E-state index in [-0.39, 0.29) is 5.95 Å². The molecule has 1 aliphatic rings. The Kier molecular flexibility index (Phi) is 3.36. The summed E-state index contributed by atoms with van der Waals surface area (Å²) in [5.74, 6) is 2.90. The van der Waals surface area contributed by atoms with E-state index in [9.17, 15) is 0 Å². The van der Waals surface area contributed by atoms with Crippen molar-refractivity contribution in [3.8, 4) is 5.88 Å². The van der Waals surface area contributed by atoms with Gasteiger partial charge in [-0.05, 0) is 24.7 Å². The van der Waals surface area contributed by atoms with E-state index in [1.54, 1.807) is 13.2 Å². The van der Waals surface area contributed by atoms with Crippen molar-refractivity contribution in [3.63, 3.8) is 0 Å². The van der Waals surface area contributed by atoms with E-state index in [0.29, 0.717) is 17.8 Å². The molecular formula is C12H20N4O. The normalized spacial score (nSPS) is 28.1. The lowest BCUT2D eigenvalue weighted by atomic mass is 9.98. The lowest BCUT2D eigenvalue weighted by Crippen LogP contribution is -2.24. The fourth-order valence-corrected chi connectivity index (χ4v) is 2.38. The number of ether oxygens (including phenoxy) is 1. The van der Waals surface area contributed by atoms with Crippen molar-refractivity contribution in [2.24, 2.45) is 11.8 Å². The molecule has 17 heavy (non-hydrogen) atoms. The van der Waals surface area contributed by atoms with Gasteiger partial charge in [0.2, 0.25) is 11.8 Å². The fourth-order valence-electron chi connectivity index (χ4n) is 2.38. The molecule has 3 atom stereocenters. The van der Waals surface area contributed by atoms with Crippen LogP contribution in [0.5, 0.6) is 5.88 Å². The highest BCUT2D eigenvalue weighted by atomic mass is 16.5. The molecule has 0 radical (unpaired) electrons. The van der Waals surface area contributed by atoms with Crippen molar-refractivity contribution in [2.45, 2.75) is 32.7 Å². The molecule has 0 bridgehead atoms. The number of hydrogen-bond donors (Lipinski definition) is 2. The van der Waals surface area contributed by atoms with E-state index in [2.05, 4.69) is 29.1 Å². The molecule has 0 aliphatic heterocycles. The molecule has 1 fully saturated rings. The number of rotatable bonds is 3. The topological polar surface area (TPSA) is 73.1 Å². The zero-order chi connectivity index (χ0) is 12.4. The van der Waals surface area contributed by atoms with Crippen molar-refractivity contribution in [1.82, 2.24) is 9.97 Å². The van der Waals surface area contributed by atoms with Crippen molar-refractivity contribution >= 4 is 11.8 Å². The van der Waals surface area contributed by atoms with Gasteiger partial charge in [0.25, 0.3) is 0 Å². The molecule has 0 amide bonds.